The van der Waals surface area contributed by atoms with Crippen LogP contribution >= 0.6 is 0 Å². The topological polar surface area (TPSA) is 106 Å². The number of carboxylic acids is 1. The number of nitrogens with one attached hydrogen (secondary N) is 1. The number of aromatic nitrogens is 3. The second kappa shape index (κ2) is 6.04. The van der Waals surface area contributed by atoms with Crippen molar-refractivity contribution in [3.63, 3.8) is 0 Å². The predicted molar refractivity (Wildman–Crippen MR) is 73.0 cm³/mol. The molecule has 0 aliphatic heterocycles. The minimum absolute atomic E-state index is 0.135. The molecule has 1 aromatic heterocycles. The fourth-order valence-electron chi connectivity index (χ4n) is 1.89. The van der Waals surface area contributed by atoms with Crippen LogP contribution in [-0.2, 0) is 11.3 Å². The van der Waals surface area contributed by atoms with Crippen LogP contribution in [-0.4, -0.2) is 46.1 Å². The third-order valence-electron chi connectivity index (χ3n) is 2.87. The first kappa shape index (κ1) is 14.5. The zero-order chi connectivity index (χ0) is 15.4. The Labute approximate surface area is 120 Å². The van der Waals surface area contributed by atoms with E-state index in [-0.39, 0.29) is 23.8 Å². The molecular formula is C13H14N4O4. The highest BCUT2D eigenvalue weighted by Crippen LogP contribution is 2.31. The summed E-state index contributed by atoms with van der Waals surface area (Å²) in [7, 11) is 2.96. The minimum Gasteiger partial charge on any atom is -0.496 e. The normalized spacial score (nSPS) is 10.2. The number of para-hydroxylation sites is 1. The molecule has 0 fully saturated rings. The second-order valence-electron chi connectivity index (χ2n) is 4.12. The van der Waals surface area contributed by atoms with Crippen LogP contribution in [0, 0.1) is 0 Å². The molecule has 0 aliphatic carbocycles. The summed E-state index contributed by atoms with van der Waals surface area (Å²) in [5, 5.41) is 19.1. The lowest BCUT2D eigenvalue weighted by molar-refractivity contribution is -0.121. The summed E-state index contributed by atoms with van der Waals surface area (Å²) in [5.41, 5.74) is 0.498. The fraction of sp³-hybridized carbons (Fsp3) is 0.231. The summed E-state index contributed by atoms with van der Waals surface area (Å²) < 4.78 is 6.46. The second-order valence-corrected chi connectivity index (χ2v) is 4.12. The van der Waals surface area contributed by atoms with Crippen molar-refractivity contribution in [3.05, 3.63) is 30.0 Å². The number of carbonyl (C=O) groups excluding carboxylic acids is 1. The molecule has 0 radical (unpaired) electrons. The Bertz CT molecular complexity index is 681. The number of nitrogens with zero attached hydrogens (tertiary/aromatic N) is 3. The Hall–Kier alpha value is -2.90. The minimum atomic E-state index is -1.22. The Balaban J connectivity index is 2.61. The largest absolute Gasteiger partial charge is 0.496 e. The van der Waals surface area contributed by atoms with Crippen molar-refractivity contribution in [2.45, 2.75) is 6.54 Å². The van der Waals surface area contributed by atoms with E-state index in [0.717, 1.165) is 0 Å². The number of likely N-dealkylation sites (N-methyl/N-ethyl adjacent to an activating group) is 1. The highest BCUT2D eigenvalue weighted by atomic mass is 16.5. The molecule has 0 bridgehead atoms. The molecule has 1 heterocycles. The third kappa shape index (κ3) is 2.83. The number of aromatic carboxylic acids is 1. The van der Waals surface area contributed by atoms with Crippen molar-refractivity contribution in [3.8, 4) is 17.0 Å². The Kier molecular flexibility index (Phi) is 4.17. The van der Waals surface area contributed by atoms with Gasteiger partial charge >= 0.3 is 5.97 Å². The van der Waals surface area contributed by atoms with Gasteiger partial charge in [0.25, 0.3) is 0 Å². The number of hydrogen-bond acceptors (Lipinski definition) is 5. The third-order valence-corrected chi connectivity index (χ3v) is 2.87. The Morgan fingerprint density at radius 3 is 2.71 bits per heavy atom. The zero-order valence-electron chi connectivity index (χ0n) is 11.5. The zero-order valence-corrected chi connectivity index (χ0v) is 11.5. The van der Waals surface area contributed by atoms with Gasteiger partial charge < -0.3 is 15.2 Å². The molecular weight excluding hydrogens is 276 g/mol. The van der Waals surface area contributed by atoms with Crippen LogP contribution < -0.4 is 10.1 Å². The molecule has 0 saturated heterocycles. The SMILES string of the molecule is CNC(=O)Cn1nnc(C(=O)O)c1-c1ccccc1OC. The number of hydrogen-bond donors (Lipinski definition) is 2. The van der Waals surface area contributed by atoms with Crippen molar-refractivity contribution in [1.82, 2.24) is 20.3 Å². The maximum absolute atomic E-state index is 11.5. The first-order valence-electron chi connectivity index (χ1n) is 6.09. The van der Waals surface area contributed by atoms with Gasteiger partial charge in [0.1, 0.15) is 18.0 Å². The average molecular weight is 290 g/mol. The maximum Gasteiger partial charge on any atom is 0.358 e. The summed E-state index contributed by atoms with van der Waals surface area (Å²) in [6.07, 6.45) is 0. The standard InChI is InChI=1S/C13H14N4O4/c1-14-10(18)7-17-12(11(13(19)20)15-16-17)8-5-3-4-6-9(8)21-2/h3-6H,7H2,1-2H3,(H,14,18)(H,19,20). The molecule has 21 heavy (non-hydrogen) atoms. The number of methoxy groups -OCH3 is 1. The molecule has 1 aromatic carbocycles. The summed E-state index contributed by atoms with van der Waals surface area (Å²) in [6.45, 7) is -0.135. The summed E-state index contributed by atoms with van der Waals surface area (Å²) >= 11 is 0. The van der Waals surface area contributed by atoms with E-state index in [0.29, 0.717) is 11.3 Å². The highest BCUT2D eigenvalue weighted by molar-refractivity contribution is 5.94. The van der Waals surface area contributed by atoms with Gasteiger partial charge in [-0.15, -0.1) is 5.10 Å². The van der Waals surface area contributed by atoms with E-state index in [1.807, 2.05) is 0 Å². The van der Waals surface area contributed by atoms with Crippen molar-refractivity contribution in [2.75, 3.05) is 14.2 Å². The summed E-state index contributed by atoms with van der Waals surface area (Å²) in [5.74, 6) is -1.06. The van der Waals surface area contributed by atoms with Gasteiger partial charge in [-0.25, -0.2) is 9.48 Å². The number of carboxylic acid groups (broad SMARTS) is 1. The molecule has 2 N–H and O–H groups in total. The number of amides is 1. The van der Waals surface area contributed by atoms with E-state index in [1.54, 1.807) is 24.3 Å². The van der Waals surface area contributed by atoms with Crippen molar-refractivity contribution in [2.24, 2.45) is 0 Å². The van der Waals surface area contributed by atoms with Crippen LogP contribution in [0.5, 0.6) is 5.75 Å². The average Bonchev–Trinajstić information content (AvgIpc) is 2.90. The summed E-state index contributed by atoms with van der Waals surface area (Å²) in [4.78, 5) is 22.8. The van der Waals surface area contributed by atoms with Crippen molar-refractivity contribution >= 4 is 11.9 Å². The number of ether oxygens (including phenoxy) is 1. The van der Waals surface area contributed by atoms with Crippen LogP contribution in [0.25, 0.3) is 11.3 Å². The van der Waals surface area contributed by atoms with Crippen LogP contribution in [0.3, 0.4) is 0 Å². The van der Waals surface area contributed by atoms with Crippen LogP contribution in [0.15, 0.2) is 24.3 Å². The number of rotatable bonds is 5. The van der Waals surface area contributed by atoms with Gasteiger partial charge in [-0.05, 0) is 12.1 Å². The predicted octanol–water partition coefficient (Wildman–Crippen LogP) is 0.398. The molecule has 8 nitrogen and oxygen atoms in total. The van der Waals surface area contributed by atoms with Gasteiger partial charge in [-0.3, -0.25) is 4.79 Å². The molecule has 8 heteroatoms. The molecule has 0 aliphatic rings. The molecule has 2 rings (SSSR count). The van der Waals surface area contributed by atoms with Crippen LogP contribution in [0.1, 0.15) is 10.5 Å². The smallest absolute Gasteiger partial charge is 0.358 e. The van der Waals surface area contributed by atoms with Crippen molar-refractivity contribution in [1.29, 1.82) is 0 Å². The van der Waals surface area contributed by atoms with Crippen LogP contribution in [0.2, 0.25) is 0 Å². The molecule has 110 valence electrons. The Morgan fingerprint density at radius 1 is 1.38 bits per heavy atom. The van der Waals surface area contributed by atoms with E-state index < -0.39 is 5.97 Å². The highest BCUT2D eigenvalue weighted by Gasteiger charge is 2.23. The lowest BCUT2D eigenvalue weighted by atomic mass is 10.1. The van der Waals surface area contributed by atoms with Gasteiger partial charge in [0, 0.05) is 12.6 Å². The van der Waals surface area contributed by atoms with E-state index in [2.05, 4.69) is 15.6 Å². The maximum atomic E-state index is 11.5. The number of benzene rings is 1. The lowest BCUT2D eigenvalue weighted by Gasteiger charge is -2.10. The van der Waals surface area contributed by atoms with E-state index >= 15 is 0 Å². The van der Waals surface area contributed by atoms with E-state index in [1.165, 1.54) is 18.8 Å². The monoisotopic (exact) mass is 290 g/mol. The molecule has 0 saturated carbocycles. The number of carbonyl (C=O) groups is 2. The first-order chi connectivity index (χ1) is 10.1. The molecule has 2 aromatic rings. The molecule has 1 amide bonds. The summed E-state index contributed by atoms with van der Waals surface area (Å²) in [6, 6.07) is 6.87. The molecule has 0 spiro atoms. The lowest BCUT2D eigenvalue weighted by Crippen LogP contribution is -2.24. The Morgan fingerprint density at radius 2 is 2.10 bits per heavy atom. The van der Waals surface area contributed by atoms with Gasteiger partial charge in [-0.1, -0.05) is 17.3 Å². The van der Waals surface area contributed by atoms with Gasteiger partial charge in [-0.2, -0.15) is 0 Å². The molecule has 0 unspecified atom stereocenters. The van der Waals surface area contributed by atoms with E-state index in [9.17, 15) is 14.7 Å². The van der Waals surface area contributed by atoms with Gasteiger partial charge in [0.15, 0.2) is 5.69 Å². The van der Waals surface area contributed by atoms with E-state index in [4.69, 9.17) is 4.74 Å². The quantitative estimate of drug-likeness (QED) is 0.825. The van der Waals surface area contributed by atoms with Crippen molar-refractivity contribution < 1.29 is 19.4 Å². The first-order valence-corrected chi connectivity index (χ1v) is 6.09. The van der Waals surface area contributed by atoms with Crippen LogP contribution in [0.4, 0.5) is 0 Å². The fourth-order valence-corrected chi connectivity index (χ4v) is 1.89. The molecule has 0 atom stereocenters. The van der Waals surface area contributed by atoms with Gasteiger partial charge in [0.05, 0.1) is 7.11 Å². The van der Waals surface area contributed by atoms with Gasteiger partial charge in [0.2, 0.25) is 5.91 Å².